The summed E-state index contributed by atoms with van der Waals surface area (Å²) in [6, 6.07) is 15.6. The van der Waals surface area contributed by atoms with Gasteiger partial charge in [-0.05, 0) is 61.7 Å². The SMILES string of the molecule is Cc1c(S(=O)(=O)N2CCCc3ccccc32)cc(-c2nc(-c3ccc(F)cc3)cs2)n1C. The molecule has 3 heterocycles. The van der Waals surface area contributed by atoms with Crippen molar-refractivity contribution >= 4 is 27.0 Å². The number of para-hydroxylation sites is 1. The number of thiazole rings is 1. The summed E-state index contributed by atoms with van der Waals surface area (Å²) in [7, 11) is -1.86. The summed E-state index contributed by atoms with van der Waals surface area (Å²) in [6.07, 6.45) is 1.68. The monoisotopic (exact) mass is 467 g/mol. The van der Waals surface area contributed by atoms with Crippen molar-refractivity contribution < 1.29 is 12.8 Å². The van der Waals surface area contributed by atoms with Crippen LogP contribution in [0.3, 0.4) is 0 Å². The van der Waals surface area contributed by atoms with Gasteiger partial charge < -0.3 is 4.57 Å². The predicted octanol–water partition coefficient (Wildman–Crippen LogP) is 5.40. The van der Waals surface area contributed by atoms with Crippen LogP contribution in [0.4, 0.5) is 10.1 Å². The Morgan fingerprint density at radius 1 is 1.09 bits per heavy atom. The van der Waals surface area contributed by atoms with Crippen LogP contribution in [0.15, 0.2) is 64.9 Å². The third-order valence-electron chi connectivity index (χ3n) is 5.99. The summed E-state index contributed by atoms with van der Waals surface area (Å²) in [5.74, 6) is -0.295. The fourth-order valence-corrected chi connectivity index (χ4v) is 6.84. The van der Waals surface area contributed by atoms with E-state index in [0.29, 0.717) is 17.1 Å². The number of aromatic nitrogens is 2. The largest absolute Gasteiger partial charge is 0.345 e. The summed E-state index contributed by atoms with van der Waals surface area (Å²) in [4.78, 5) is 4.99. The van der Waals surface area contributed by atoms with Gasteiger partial charge in [0.1, 0.15) is 15.7 Å². The molecule has 8 heteroatoms. The molecule has 0 bridgehead atoms. The van der Waals surface area contributed by atoms with Crippen molar-refractivity contribution in [1.29, 1.82) is 0 Å². The summed E-state index contributed by atoms with van der Waals surface area (Å²) >= 11 is 1.44. The van der Waals surface area contributed by atoms with E-state index in [2.05, 4.69) is 0 Å². The van der Waals surface area contributed by atoms with Crippen molar-refractivity contribution in [3.63, 3.8) is 0 Å². The summed E-state index contributed by atoms with van der Waals surface area (Å²) in [5, 5.41) is 2.62. The molecule has 0 aliphatic carbocycles. The van der Waals surface area contributed by atoms with E-state index in [1.54, 1.807) is 18.2 Å². The van der Waals surface area contributed by atoms with Crippen LogP contribution in [-0.4, -0.2) is 24.5 Å². The Balaban J connectivity index is 1.54. The zero-order valence-electron chi connectivity index (χ0n) is 17.7. The molecule has 0 N–H and O–H groups in total. The van der Waals surface area contributed by atoms with Crippen molar-refractivity contribution in [2.45, 2.75) is 24.7 Å². The van der Waals surface area contributed by atoms with Gasteiger partial charge in [-0.3, -0.25) is 4.31 Å². The third-order valence-corrected chi connectivity index (χ3v) is 8.78. The highest BCUT2D eigenvalue weighted by Crippen LogP contribution is 2.36. The van der Waals surface area contributed by atoms with Crippen LogP contribution < -0.4 is 4.31 Å². The highest BCUT2D eigenvalue weighted by atomic mass is 32.2. The van der Waals surface area contributed by atoms with Gasteiger partial charge in [0.2, 0.25) is 0 Å². The van der Waals surface area contributed by atoms with E-state index in [1.165, 1.54) is 27.8 Å². The Labute approximate surface area is 190 Å². The van der Waals surface area contributed by atoms with Gasteiger partial charge >= 0.3 is 0 Å². The highest BCUT2D eigenvalue weighted by molar-refractivity contribution is 7.92. The van der Waals surface area contributed by atoms with Crippen LogP contribution in [0.25, 0.3) is 22.0 Å². The normalized spacial score (nSPS) is 13.9. The Kier molecular flexibility index (Phi) is 5.14. The van der Waals surface area contributed by atoms with Gasteiger partial charge in [-0.1, -0.05) is 18.2 Å². The molecule has 1 aliphatic heterocycles. The number of hydrogen-bond acceptors (Lipinski definition) is 4. The summed E-state index contributed by atoms with van der Waals surface area (Å²) in [5.41, 5.74) is 4.78. The second-order valence-corrected chi connectivity index (χ2v) is 10.6. The number of aryl methyl sites for hydroxylation is 1. The number of nitrogens with zero attached hydrogens (tertiary/aromatic N) is 3. The smallest absolute Gasteiger partial charge is 0.266 e. The van der Waals surface area contributed by atoms with Crippen LogP contribution in [0.2, 0.25) is 0 Å². The van der Waals surface area contributed by atoms with E-state index in [0.717, 1.165) is 46.1 Å². The van der Waals surface area contributed by atoms with Gasteiger partial charge in [0.05, 0.1) is 17.1 Å². The molecule has 5 nitrogen and oxygen atoms in total. The molecule has 0 amide bonds. The number of halogens is 1. The molecular weight excluding hydrogens is 445 g/mol. The first-order chi connectivity index (χ1) is 15.4. The van der Waals surface area contributed by atoms with Crippen molar-refractivity contribution in [2.24, 2.45) is 7.05 Å². The van der Waals surface area contributed by atoms with E-state index in [9.17, 15) is 12.8 Å². The van der Waals surface area contributed by atoms with E-state index < -0.39 is 10.0 Å². The van der Waals surface area contributed by atoms with E-state index in [1.807, 2.05) is 48.2 Å². The van der Waals surface area contributed by atoms with Crippen molar-refractivity contribution in [2.75, 3.05) is 10.8 Å². The molecule has 0 radical (unpaired) electrons. The van der Waals surface area contributed by atoms with Gasteiger partial charge in [0, 0.05) is 30.2 Å². The lowest BCUT2D eigenvalue weighted by Gasteiger charge is -2.30. The van der Waals surface area contributed by atoms with Crippen LogP contribution in [0.1, 0.15) is 17.7 Å². The molecule has 164 valence electrons. The summed E-state index contributed by atoms with van der Waals surface area (Å²) in [6.45, 7) is 2.29. The fourth-order valence-electron chi connectivity index (χ4n) is 4.15. The molecule has 0 saturated carbocycles. The highest BCUT2D eigenvalue weighted by Gasteiger charge is 2.32. The average molecular weight is 468 g/mol. The Bertz CT molecular complexity index is 1410. The fraction of sp³-hybridized carbons (Fsp3) is 0.208. The van der Waals surface area contributed by atoms with Crippen LogP contribution in [-0.2, 0) is 23.5 Å². The lowest BCUT2D eigenvalue weighted by molar-refractivity contribution is 0.585. The van der Waals surface area contributed by atoms with Gasteiger partial charge in [-0.2, -0.15) is 0 Å². The van der Waals surface area contributed by atoms with Crippen LogP contribution in [0.5, 0.6) is 0 Å². The molecule has 0 fully saturated rings. The zero-order valence-corrected chi connectivity index (χ0v) is 19.4. The second kappa shape index (κ2) is 7.86. The van der Waals surface area contributed by atoms with Crippen molar-refractivity contribution in [3.05, 3.63) is 77.1 Å². The maximum Gasteiger partial charge on any atom is 0.266 e. The number of fused-ring (bicyclic) bond motifs is 1. The number of benzene rings is 2. The van der Waals surface area contributed by atoms with E-state index in [4.69, 9.17) is 4.98 Å². The first-order valence-corrected chi connectivity index (χ1v) is 12.7. The maximum absolute atomic E-state index is 13.7. The zero-order chi connectivity index (χ0) is 22.5. The topological polar surface area (TPSA) is 55.2 Å². The molecular formula is C24H22FN3O2S2. The lowest BCUT2D eigenvalue weighted by Crippen LogP contribution is -2.35. The standard InChI is InChI=1S/C24H22FN3O2S2/c1-16-23(32(29,30)28-13-5-7-18-6-3-4-8-21(18)28)14-22(27(16)2)24-26-20(15-31-24)17-9-11-19(25)12-10-17/h3-4,6,8-12,14-15H,5,7,13H2,1-2H3. The minimum absolute atomic E-state index is 0.295. The van der Waals surface area contributed by atoms with Gasteiger partial charge in [0.15, 0.2) is 0 Å². The molecule has 5 rings (SSSR count). The number of hydrogen-bond donors (Lipinski definition) is 0. The van der Waals surface area contributed by atoms with Gasteiger partial charge in [-0.25, -0.2) is 17.8 Å². The molecule has 2 aromatic carbocycles. The molecule has 0 saturated heterocycles. The van der Waals surface area contributed by atoms with E-state index >= 15 is 0 Å². The Hall–Kier alpha value is -2.97. The minimum atomic E-state index is -3.72. The predicted molar refractivity (Wildman–Crippen MR) is 126 cm³/mol. The number of rotatable bonds is 4. The van der Waals surface area contributed by atoms with Crippen molar-refractivity contribution in [3.8, 4) is 22.0 Å². The number of sulfonamides is 1. The maximum atomic E-state index is 13.7. The van der Waals surface area contributed by atoms with Gasteiger partial charge in [0.25, 0.3) is 10.0 Å². The summed E-state index contributed by atoms with van der Waals surface area (Å²) < 4.78 is 44.0. The van der Waals surface area contributed by atoms with Crippen LogP contribution in [0, 0.1) is 12.7 Å². The third kappa shape index (κ3) is 3.43. The Morgan fingerprint density at radius 2 is 1.84 bits per heavy atom. The molecule has 1 aliphatic rings. The lowest BCUT2D eigenvalue weighted by atomic mass is 10.0. The first-order valence-electron chi connectivity index (χ1n) is 10.3. The minimum Gasteiger partial charge on any atom is -0.345 e. The first kappa shape index (κ1) is 20.9. The average Bonchev–Trinajstić information content (AvgIpc) is 3.39. The number of anilines is 1. The molecule has 0 atom stereocenters. The van der Waals surface area contributed by atoms with E-state index in [-0.39, 0.29) is 5.82 Å². The van der Waals surface area contributed by atoms with Gasteiger partial charge in [-0.15, -0.1) is 11.3 Å². The quantitative estimate of drug-likeness (QED) is 0.404. The molecule has 2 aromatic heterocycles. The molecule has 4 aromatic rings. The molecule has 0 spiro atoms. The Morgan fingerprint density at radius 3 is 2.62 bits per heavy atom. The molecule has 32 heavy (non-hydrogen) atoms. The molecule has 0 unspecified atom stereocenters. The van der Waals surface area contributed by atoms with Crippen LogP contribution >= 0.6 is 11.3 Å². The second-order valence-electron chi connectivity index (χ2n) is 7.89. The van der Waals surface area contributed by atoms with Crippen molar-refractivity contribution in [1.82, 2.24) is 9.55 Å².